The molecule has 0 saturated heterocycles. The second-order valence-corrected chi connectivity index (χ2v) is 7.72. The van der Waals surface area contributed by atoms with E-state index in [0.717, 1.165) is 19.3 Å². The predicted molar refractivity (Wildman–Crippen MR) is 98.1 cm³/mol. The van der Waals surface area contributed by atoms with Crippen LogP contribution in [0.1, 0.15) is 37.8 Å². The van der Waals surface area contributed by atoms with E-state index < -0.39 is 0 Å². The fourth-order valence-corrected chi connectivity index (χ4v) is 5.31. The molecule has 0 saturated carbocycles. The Kier molecular flexibility index (Phi) is 4.69. The van der Waals surface area contributed by atoms with Crippen LogP contribution in [0.4, 0.5) is 0 Å². The molecule has 0 bridgehead atoms. The molecule has 0 aromatic heterocycles. The van der Waals surface area contributed by atoms with Gasteiger partial charge in [-0.05, 0) is 54.7 Å². The van der Waals surface area contributed by atoms with E-state index >= 15 is 0 Å². The number of aromatic hydroxyl groups is 1. The Balaban J connectivity index is 2.01. The van der Waals surface area contributed by atoms with Gasteiger partial charge in [-0.15, -0.1) is 11.8 Å². The van der Waals surface area contributed by atoms with Crippen molar-refractivity contribution in [3.05, 3.63) is 59.7 Å². The average Bonchev–Trinajstić information content (AvgIpc) is 2.58. The zero-order valence-electron chi connectivity index (χ0n) is 13.8. The first-order valence-corrected chi connectivity index (χ1v) is 9.28. The summed E-state index contributed by atoms with van der Waals surface area (Å²) in [7, 11) is 0. The van der Waals surface area contributed by atoms with Gasteiger partial charge >= 0.3 is 0 Å². The highest BCUT2D eigenvalue weighted by molar-refractivity contribution is 8.00. The van der Waals surface area contributed by atoms with Gasteiger partial charge in [-0.1, -0.05) is 38.1 Å². The summed E-state index contributed by atoms with van der Waals surface area (Å²) in [6.07, 6.45) is 2.94. The molecule has 2 aromatic carbocycles. The lowest BCUT2D eigenvalue weighted by Gasteiger charge is -2.47. The number of nitrogens with two attached hydrogens (primary N) is 1. The van der Waals surface area contributed by atoms with Crippen LogP contribution in [0.15, 0.2) is 53.4 Å². The number of fused-ring (bicyclic) bond motifs is 1. The summed E-state index contributed by atoms with van der Waals surface area (Å²) in [5, 5.41) is 10.3. The van der Waals surface area contributed by atoms with E-state index in [0.29, 0.717) is 11.0 Å². The summed E-state index contributed by atoms with van der Waals surface area (Å²) < 4.78 is 0. The first-order chi connectivity index (χ1) is 11.1. The summed E-state index contributed by atoms with van der Waals surface area (Å²) in [6.45, 7) is 4.43. The van der Waals surface area contributed by atoms with Crippen molar-refractivity contribution in [2.45, 2.75) is 54.7 Å². The second kappa shape index (κ2) is 6.58. The molecule has 23 heavy (non-hydrogen) atoms. The molecule has 2 aromatic rings. The summed E-state index contributed by atoms with van der Waals surface area (Å²) in [6, 6.07) is 16.4. The smallest absolute Gasteiger partial charge is 0.115 e. The Morgan fingerprint density at radius 1 is 1.13 bits per heavy atom. The van der Waals surface area contributed by atoms with E-state index in [9.17, 15) is 5.11 Å². The molecule has 3 N–H and O–H groups in total. The quantitative estimate of drug-likeness (QED) is 0.869. The first kappa shape index (κ1) is 16.4. The fourth-order valence-electron chi connectivity index (χ4n) is 3.98. The molecule has 3 rings (SSSR count). The van der Waals surface area contributed by atoms with Crippen LogP contribution in [-0.2, 0) is 11.8 Å². The van der Waals surface area contributed by atoms with Crippen LogP contribution in [0.5, 0.6) is 5.75 Å². The summed E-state index contributed by atoms with van der Waals surface area (Å²) in [5.41, 5.74) is 9.32. The Bertz CT molecular complexity index is 667. The average molecular weight is 327 g/mol. The van der Waals surface area contributed by atoms with Crippen LogP contribution in [0.2, 0.25) is 0 Å². The zero-order chi connectivity index (χ0) is 16.4. The van der Waals surface area contributed by atoms with Crippen molar-refractivity contribution in [3.63, 3.8) is 0 Å². The molecule has 1 aliphatic rings. The van der Waals surface area contributed by atoms with Gasteiger partial charge in [-0.2, -0.15) is 0 Å². The molecule has 3 heteroatoms. The van der Waals surface area contributed by atoms with E-state index in [1.54, 1.807) is 6.07 Å². The zero-order valence-corrected chi connectivity index (χ0v) is 14.6. The number of thioether (sulfide) groups is 1. The number of hydrogen-bond donors (Lipinski definition) is 2. The molecule has 0 aliphatic heterocycles. The Morgan fingerprint density at radius 2 is 1.83 bits per heavy atom. The van der Waals surface area contributed by atoms with Crippen molar-refractivity contribution in [1.82, 2.24) is 0 Å². The van der Waals surface area contributed by atoms with Gasteiger partial charge < -0.3 is 10.8 Å². The maximum absolute atomic E-state index is 9.95. The molecule has 0 spiro atoms. The Morgan fingerprint density at radius 3 is 2.48 bits per heavy atom. The minimum absolute atomic E-state index is 0.0568. The Hall–Kier alpha value is -1.45. The molecular formula is C20H25NOS. The maximum atomic E-state index is 9.95. The number of hydrogen-bond acceptors (Lipinski definition) is 3. The van der Waals surface area contributed by atoms with Crippen molar-refractivity contribution in [2.24, 2.45) is 5.73 Å². The predicted octanol–water partition coefficient (Wildman–Crippen LogP) is 4.49. The summed E-state index contributed by atoms with van der Waals surface area (Å²) in [4.78, 5) is 1.27. The molecular weight excluding hydrogens is 302 g/mol. The van der Waals surface area contributed by atoms with Crippen LogP contribution in [0.25, 0.3) is 0 Å². The second-order valence-electron chi connectivity index (χ2n) is 6.40. The fraction of sp³-hybridized carbons (Fsp3) is 0.400. The SMILES string of the molecule is CCC1(CC)c2cc(O)ccc2C[C@@H](Sc2ccccc2)[C@@H]1N. The van der Waals surface area contributed by atoms with Gasteiger partial charge in [-0.25, -0.2) is 0 Å². The minimum atomic E-state index is -0.0568. The van der Waals surface area contributed by atoms with Gasteiger partial charge in [0.15, 0.2) is 0 Å². The van der Waals surface area contributed by atoms with Crippen LogP contribution < -0.4 is 5.73 Å². The van der Waals surface area contributed by atoms with Gasteiger partial charge in [0, 0.05) is 21.6 Å². The Labute approximate surface area is 143 Å². The lowest BCUT2D eigenvalue weighted by molar-refractivity contribution is 0.290. The van der Waals surface area contributed by atoms with Crippen molar-refractivity contribution in [1.29, 1.82) is 0 Å². The number of phenols is 1. The van der Waals surface area contributed by atoms with Crippen LogP contribution in [0, 0.1) is 0 Å². The van der Waals surface area contributed by atoms with Gasteiger partial charge in [0.2, 0.25) is 0 Å². The van der Waals surface area contributed by atoms with Gasteiger partial charge in [0.25, 0.3) is 0 Å². The number of rotatable bonds is 4. The molecule has 2 nitrogen and oxygen atoms in total. The van der Waals surface area contributed by atoms with E-state index in [1.807, 2.05) is 23.9 Å². The van der Waals surface area contributed by atoms with E-state index in [4.69, 9.17) is 5.73 Å². The van der Waals surface area contributed by atoms with Crippen LogP contribution in [0.3, 0.4) is 0 Å². The van der Waals surface area contributed by atoms with Crippen molar-refractivity contribution in [2.75, 3.05) is 0 Å². The maximum Gasteiger partial charge on any atom is 0.115 e. The highest BCUT2D eigenvalue weighted by atomic mass is 32.2. The molecule has 0 unspecified atom stereocenters. The monoisotopic (exact) mass is 327 g/mol. The van der Waals surface area contributed by atoms with Crippen molar-refractivity contribution >= 4 is 11.8 Å². The van der Waals surface area contributed by atoms with Crippen molar-refractivity contribution < 1.29 is 5.11 Å². The molecule has 1 aliphatic carbocycles. The lowest BCUT2D eigenvalue weighted by Crippen LogP contribution is -2.54. The number of phenolic OH excluding ortho intramolecular Hbond substituents is 1. The van der Waals surface area contributed by atoms with Gasteiger partial charge in [0.05, 0.1) is 0 Å². The van der Waals surface area contributed by atoms with Gasteiger partial charge in [-0.3, -0.25) is 0 Å². The molecule has 122 valence electrons. The van der Waals surface area contributed by atoms with Crippen LogP contribution >= 0.6 is 11.8 Å². The van der Waals surface area contributed by atoms with E-state index in [-0.39, 0.29) is 11.5 Å². The van der Waals surface area contributed by atoms with Crippen LogP contribution in [-0.4, -0.2) is 16.4 Å². The minimum Gasteiger partial charge on any atom is -0.508 e. The van der Waals surface area contributed by atoms with E-state index in [2.05, 4.69) is 44.2 Å². The van der Waals surface area contributed by atoms with Gasteiger partial charge in [0.1, 0.15) is 5.75 Å². The normalized spacial score (nSPS) is 22.6. The van der Waals surface area contributed by atoms with Crippen molar-refractivity contribution in [3.8, 4) is 5.75 Å². The first-order valence-electron chi connectivity index (χ1n) is 8.40. The molecule has 0 amide bonds. The third kappa shape index (κ3) is 2.88. The molecule has 0 radical (unpaired) electrons. The summed E-state index contributed by atoms with van der Waals surface area (Å²) in [5.74, 6) is 0.344. The number of benzene rings is 2. The molecule has 0 fully saturated rings. The molecule has 0 heterocycles. The highest BCUT2D eigenvalue weighted by Crippen LogP contribution is 2.47. The third-order valence-electron chi connectivity index (χ3n) is 5.38. The lowest BCUT2D eigenvalue weighted by atomic mass is 9.63. The third-order valence-corrected chi connectivity index (χ3v) is 6.69. The largest absolute Gasteiger partial charge is 0.508 e. The highest BCUT2D eigenvalue weighted by Gasteiger charge is 2.45. The molecule has 2 atom stereocenters. The topological polar surface area (TPSA) is 46.2 Å². The standard InChI is InChI=1S/C20H25NOS/c1-3-20(4-2)17-13-15(22)11-10-14(17)12-18(19(20)21)23-16-8-6-5-7-9-16/h5-11,13,18-19,22H,3-4,12,21H2,1-2H3/t18-,19+/m1/s1. The van der Waals surface area contributed by atoms with E-state index in [1.165, 1.54) is 16.0 Å². The summed E-state index contributed by atoms with van der Waals surface area (Å²) >= 11 is 1.89.